The summed E-state index contributed by atoms with van der Waals surface area (Å²) in [6, 6.07) is 8.49. The van der Waals surface area contributed by atoms with E-state index in [1.165, 1.54) is 0 Å². The topological polar surface area (TPSA) is 56.8 Å². The van der Waals surface area contributed by atoms with Crippen LogP contribution in [0.5, 0.6) is 5.75 Å². The van der Waals surface area contributed by atoms with E-state index in [4.69, 9.17) is 4.74 Å². The number of carbonyl (C=O) groups is 1. The molecule has 1 aliphatic carbocycles. The Bertz CT molecular complexity index is 1280. The van der Waals surface area contributed by atoms with Crippen molar-refractivity contribution in [3.05, 3.63) is 59.7 Å². The SMILES string of the molecule is O=C(COc1ccc(C2CCCCC2)cc1)Nc1cccc(C(F)(F)C(F)(F)OC(F)(F)C(F)(F)C(F)(F)OC(F)(F)F)c1. The van der Waals surface area contributed by atoms with Crippen molar-refractivity contribution in [2.24, 2.45) is 0 Å². The van der Waals surface area contributed by atoms with Crippen molar-refractivity contribution in [3.63, 3.8) is 0 Å². The Balaban J connectivity index is 1.67. The van der Waals surface area contributed by atoms with E-state index in [1.54, 1.807) is 29.0 Å². The van der Waals surface area contributed by atoms with Gasteiger partial charge in [0.1, 0.15) is 5.75 Å². The number of benzene rings is 2. The van der Waals surface area contributed by atoms with Crippen molar-refractivity contribution in [3.8, 4) is 5.75 Å². The van der Waals surface area contributed by atoms with E-state index < -0.39 is 60.3 Å². The Hall–Kier alpha value is -3.28. The van der Waals surface area contributed by atoms with Crippen LogP contribution in [-0.2, 0) is 20.2 Å². The van der Waals surface area contributed by atoms with Crippen LogP contribution in [0.25, 0.3) is 0 Å². The zero-order valence-corrected chi connectivity index (χ0v) is 22.0. The van der Waals surface area contributed by atoms with Gasteiger partial charge in [-0.2, -0.15) is 43.9 Å². The summed E-state index contributed by atoms with van der Waals surface area (Å²) in [5.74, 6) is -13.9. The normalized spacial score (nSPS) is 16.1. The number of rotatable bonds is 12. The minimum atomic E-state index is -7.53. The minimum Gasteiger partial charge on any atom is -0.484 e. The van der Waals surface area contributed by atoms with Crippen LogP contribution in [0.15, 0.2) is 48.5 Å². The number of carbonyl (C=O) groups excluding carboxylic acids is 1. The molecule has 1 fully saturated rings. The molecule has 0 atom stereocenters. The molecule has 0 bridgehead atoms. The van der Waals surface area contributed by atoms with Gasteiger partial charge in [-0.05, 0) is 48.6 Å². The van der Waals surface area contributed by atoms with Crippen molar-refractivity contribution in [2.75, 3.05) is 11.9 Å². The zero-order valence-electron chi connectivity index (χ0n) is 22.0. The highest BCUT2D eigenvalue weighted by molar-refractivity contribution is 5.92. The molecule has 2 aromatic carbocycles. The second-order valence-electron chi connectivity index (χ2n) is 9.67. The first-order valence-electron chi connectivity index (χ1n) is 12.6. The fourth-order valence-corrected chi connectivity index (χ4v) is 4.25. The van der Waals surface area contributed by atoms with Gasteiger partial charge in [-0.3, -0.25) is 4.79 Å². The van der Waals surface area contributed by atoms with Crippen molar-refractivity contribution < 1.29 is 76.1 Å². The van der Waals surface area contributed by atoms with Crippen LogP contribution in [0.1, 0.15) is 49.1 Å². The zero-order chi connectivity index (χ0) is 33.2. The summed E-state index contributed by atoms with van der Waals surface area (Å²) in [6.07, 6.45) is -22.6. The lowest BCUT2D eigenvalue weighted by atomic mass is 9.84. The maximum absolute atomic E-state index is 14.5. The van der Waals surface area contributed by atoms with Gasteiger partial charge in [0.25, 0.3) is 5.91 Å². The van der Waals surface area contributed by atoms with Gasteiger partial charge in [-0.1, -0.05) is 43.5 Å². The average Bonchev–Trinajstić information content (AvgIpc) is 2.90. The molecule has 0 aliphatic heterocycles. The average molecular weight is 659 g/mol. The lowest BCUT2D eigenvalue weighted by molar-refractivity contribution is -0.535. The minimum absolute atomic E-state index is 0.0891. The molecular weight excluding hydrogens is 637 g/mol. The van der Waals surface area contributed by atoms with Gasteiger partial charge < -0.3 is 10.1 Å². The molecule has 0 saturated heterocycles. The third-order valence-electron chi connectivity index (χ3n) is 6.43. The van der Waals surface area contributed by atoms with E-state index in [0.717, 1.165) is 43.7 Å². The summed E-state index contributed by atoms with van der Waals surface area (Å²) in [5, 5.41) is 1.98. The molecule has 0 spiro atoms. The van der Waals surface area contributed by atoms with Gasteiger partial charge in [0.2, 0.25) is 0 Å². The van der Waals surface area contributed by atoms with E-state index in [2.05, 4.69) is 4.74 Å². The largest absolute Gasteiger partial charge is 0.527 e. The van der Waals surface area contributed by atoms with Crippen LogP contribution in [0.4, 0.5) is 62.8 Å². The fraction of sp³-hybridized carbons (Fsp3) is 0.500. The van der Waals surface area contributed by atoms with E-state index >= 15 is 0 Å². The molecule has 0 unspecified atom stereocenters. The van der Waals surface area contributed by atoms with Crippen LogP contribution in [0, 0.1) is 0 Å². The molecule has 0 heterocycles. The molecule has 246 valence electrons. The molecular formula is C26H22F13NO4. The van der Waals surface area contributed by atoms with Gasteiger partial charge in [-0.15, -0.1) is 13.2 Å². The summed E-state index contributed by atoms with van der Waals surface area (Å²) in [4.78, 5) is 12.2. The predicted octanol–water partition coefficient (Wildman–Crippen LogP) is 8.81. The van der Waals surface area contributed by atoms with Gasteiger partial charge >= 0.3 is 36.5 Å². The van der Waals surface area contributed by atoms with Crippen LogP contribution in [0.3, 0.4) is 0 Å². The van der Waals surface area contributed by atoms with Gasteiger partial charge in [-0.25, -0.2) is 9.47 Å². The van der Waals surface area contributed by atoms with E-state index in [1.807, 2.05) is 5.32 Å². The molecule has 3 rings (SSSR count). The number of anilines is 1. The Morgan fingerprint density at radius 1 is 0.727 bits per heavy atom. The Kier molecular flexibility index (Phi) is 10.1. The summed E-state index contributed by atoms with van der Waals surface area (Å²) in [5.41, 5.74) is -1.52. The first-order chi connectivity index (χ1) is 20.1. The highest BCUT2D eigenvalue weighted by Crippen LogP contribution is 2.54. The molecule has 0 aromatic heterocycles. The Labute approximate surface area is 240 Å². The summed E-state index contributed by atoms with van der Waals surface area (Å²) in [6.45, 7) is -0.710. The summed E-state index contributed by atoms with van der Waals surface area (Å²) in [7, 11) is 0. The number of alkyl halides is 13. The second-order valence-corrected chi connectivity index (χ2v) is 9.67. The third kappa shape index (κ3) is 8.05. The van der Waals surface area contributed by atoms with Crippen LogP contribution in [0.2, 0.25) is 0 Å². The van der Waals surface area contributed by atoms with Crippen molar-refractivity contribution in [2.45, 2.75) is 74.6 Å². The highest BCUT2D eigenvalue weighted by Gasteiger charge is 2.80. The van der Waals surface area contributed by atoms with Crippen LogP contribution >= 0.6 is 0 Å². The molecule has 18 heteroatoms. The van der Waals surface area contributed by atoms with Gasteiger partial charge in [0.05, 0.1) is 0 Å². The summed E-state index contributed by atoms with van der Waals surface area (Å²) < 4.78 is 182. The first kappa shape index (κ1) is 35.2. The standard InChI is InChI=1S/C26H22F13NO4/c27-21(28,23(31,32)43-24(33,34)22(29,30)25(35,36)44-26(37,38)39)17-7-4-8-18(13-17)40-20(41)14-42-19-11-9-16(10-12-19)15-5-2-1-3-6-15/h4,7-13,15H,1-3,5-6,14H2,(H,40,41). The molecule has 2 aromatic rings. The molecule has 0 radical (unpaired) electrons. The predicted molar refractivity (Wildman–Crippen MR) is 125 cm³/mol. The molecule has 1 N–H and O–H groups in total. The van der Waals surface area contributed by atoms with E-state index in [9.17, 15) is 61.9 Å². The van der Waals surface area contributed by atoms with E-state index in [-0.39, 0.29) is 17.9 Å². The Morgan fingerprint density at radius 3 is 1.86 bits per heavy atom. The smallest absolute Gasteiger partial charge is 0.484 e. The highest BCUT2D eigenvalue weighted by atomic mass is 19.4. The molecule has 1 amide bonds. The van der Waals surface area contributed by atoms with E-state index in [0.29, 0.717) is 12.0 Å². The van der Waals surface area contributed by atoms with Gasteiger partial charge in [0, 0.05) is 11.3 Å². The second kappa shape index (κ2) is 12.6. The molecule has 1 saturated carbocycles. The van der Waals surface area contributed by atoms with Gasteiger partial charge in [0.15, 0.2) is 6.61 Å². The monoisotopic (exact) mass is 659 g/mol. The number of hydrogen-bond donors (Lipinski definition) is 1. The van der Waals surface area contributed by atoms with Crippen LogP contribution in [-0.4, -0.2) is 43.1 Å². The fourth-order valence-electron chi connectivity index (χ4n) is 4.25. The molecule has 44 heavy (non-hydrogen) atoms. The van der Waals surface area contributed by atoms with Crippen molar-refractivity contribution in [1.82, 2.24) is 0 Å². The maximum Gasteiger partial charge on any atom is 0.527 e. The molecule has 5 nitrogen and oxygen atoms in total. The number of ether oxygens (including phenoxy) is 3. The quantitative estimate of drug-likeness (QED) is 0.232. The number of nitrogens with one attached hydrogen (secondary N) is 1. The lowest BCUT2D eigenvalue weighted by Gasteiger charge is -2.35. The molecule has 1 aliphatic rings. The summed E-state index contributed by atoms with van der Waals surface area (Å²) >= 11 is 0. The first-order valence-corrected chi connectivity index (χ1v) is 12.6. The van der Waals surface area contributed by atoms with Crippen LogP contribution < -0.4 is 10.1 Å². The third-order valence-corrected chi connectivity index (χ3v) is 6.43. The Morgan fingerprint density at radius 2 is 1.30 bits per heavy atom. The number of hydrogen-bond acceptors (Lipinski definition) is 4. The van der Waals surface area contributed by atoms with Crippen molar-refractivity contribution >= 4 is 11.6 Å². The van der Waals surface area contributed by atoms with Crippen molar-refractivity contribution in [1.29, 1.82) is 0 Å². The maximum atomic E-state index is 14.5. The lowest BCUT2D eigenvalue weighted by Crippen LogP contribution is -2.61. The number of halogens is 13. The number of amides is 1.